The molecular formula is C15H23FN2. The molecule has 100 valence electrons. The molecule has 1 aromatic carbocycles. The number of benzene rings is 1. The minimum Gasteiger partial charge on any atom is -0.399 e. The van der Waals surface area contributed by atoms with E-state index in [1.54, 1.807) is 6.07 Å². The summed E-state index contributed by atoms with van der Waals surface area (Å²) < 4.78 is 13.3. The molecule has 0 unspecified atom stereocenters. The van der Waals surface area contributed by atoms with Gasteiger partial charge in [0.05, 0.1) is 0 Å². The molecule has 1 aliphatic rings. The number of anilines is 1. The van der Waals surface area contributed by atoms with Crippen LogP contribution in [0.25, 0.3) is 0 Å². The minimum absolute atomic E-state index is 0.236. The van der Waals surface area contributed by atoms with Gasteiger partial charge in [0.15, 0.2) is 0 Å². The SMILES string of the molecule is CC1(C)CCCN(Cc2cc(N)cc(F)c2)CC1. The summed E-state index contributed by atoms with van der Waals surface area (Å²) in [6.07, 6.45) is 3.70. The molecule has 2 nitrogen and oxygen atoms in total. The first-order chi connectivity index (χ1) is 8.44. The number of nitrogens with zero attached hydrogens (tertiary/aromatic N) is 1. The predicted molar refractivity (Wildman–Crippen MR) is 73.7 cm³/mol. The fraction of sp³-hybridized carbons (Fsp3) is 0.600. The highest BCUT2D eigenvalue weighted by Crippen LogP contribution is 2.30. The van der Waals surface area contributed by atoms with Crippen LogP contribution in [0.1, 0.15) is 38.7 Å². The number of nitrogens with two attached hydrogens (primary N) is 1. The quantitative estimate of drug-likeness (QED) is 0.815. The number of halogens is 1. The second-order valence-electron chi connectivity index (χ2n) is 6.19. The fourth-order valence-corrected chi connectivity index (χ4v) is 2.66. The van der Waals surface area contributed by atoms with Crippen molar-refractivity contribution < 1.29 is 4.39 Å². The number of hydrogen-bond donors (Lipinski definition) is 1. The van der Waals surface area contributed by atoms with Gasteiger partial charge in [0.2, 0.25) is 0 Å². The van der Waals surface area contributed by atoms with E-state index in [-0.39, 0.29) is 5.82 Å². The summed E-state index contributed by atoms with van der Waals surface area (Å²) in [4.78, 5) is 2.41. The fourth-order valence-electron chi connectivity index (χ4n) is 2.66. The van der Waals surface area contributed by atoms with Crippen molar-refractivity contribution in [3.8, 4) is 0 Å². The molecular weight excluding hydrogens is 227 g/mol. The Morgan fingerprint density at radius 3 is 2.72 bits per heavy atom. The van der Waals surface area contributed by atoms with Crippen LogP contribution in [-0.2, 0) is 6.54 Å². The number of likely N-dealkylation sites (tertiary alicyclic amines) is 1. The summed E-state index contributed by atoms with van der Waals surface area (Å²) in [5, 5.41) is 0. The van der Waals surface area contributed by atoms with Crippen LogP contribution in [0.5, 0.6) is 0 Å². The Bertz CT molecular complexity index is 395. The highest BCUT2D eigenvalue weighted by atomic mass is 19.1. The molecule has 18 heavy (non-hydrogen) atoms. The van der Waals surface area contributed by atoms with Crippen molar-refractivity contribution in [3.63, 3.8) is 0 Å². The lowest BCUT2D eigenvalue weighted by atomic mass is 9.85. The maximum Gasteiger partial charge on any atom is 0.125 e. The van der Waals surface area contributed by atoms with Crippen LogP contribution in [-0.4, -0.2) is 18.0 Å². The van der Waals surface area contributed by atoms with Crippen molar-refractivity contribution in [1.82, 2.24) is 4.90 Å². The van der Waals surface area contributed by atoms with Gasteiger partial charge in [0.25, 0.3) is 0 Å². The normalized spacial score (nSPS) is 20.6. The molecule has 0 bridgehead atoms. The zero-order valence-electron chi connectivity index (χ0n) is 11.4. The topological polar surface area (TPSA) is 29.3 Å². The molecule has 2 rings (SSSR count). The lowest BCUT2D eigenvalue weighted by Crippen LogP contribution is -2.25. The number of rotatable bonds is 2. The summed E-state index contributed by atoms with van der Waals surface area (Å²) >= 11 is 0. The average Bonchev–Trinajstić information content (AvgIpc) is 2.39. The van der Waals surface area contributed by atoms with Gasteiger partial charge >= 0.3 is 0 Å². The standard InChI is InChI=1S/C15H23FN2/c1-15(2)4-3-6-18(7-5-15)11-12-8-13(16)10-14(17)9-12/h8-10H,3-7,11,17H2,1-2H3. The molecule has 1 aliphatic heterocycles. The number of nitrogen functional groups attached to an aromatic ring is 1. The monoisotopic (exact) mass is 250 g/mol. The van der Waals surface area contributed by atoms with Crippen LogP contribution in [0.2, 0.25) is 0 Å². The average molecular weight is 250 g/mol. The van der Waals surface area contributed by atoms with E-state index < -0.39 is 0 Å². The van der Waals surface area contributed by atoms with E-state index in [1.807, 2.05) is 6.07 Å². The van der Waals surface area contributed by atoms with Crippen molar-refractivity contribution in [3.05, 3.63) is 29.6 Å². The molecule has 0 amide bonds. The number of hydrogen-bond acceptors (Lipinski definition) is 2. The summed E-state index contributed by atoms with van der Waals surface area (Å²) in [6.45, 7) is 7.65. The van der Waals surface area contributed by atoms with E-state index in [4.69, 9.17) is 5.73 Å². The van der Waals surface area contributed by atoms with Crippen molar-refractivity contribution in [1.29, 1.82) is 0 Å². The van der Waals surface area contributed by atoms with Gasteiger partial charge in [0.1, 0.15) is 5.82 Å². The Morgan fingerprint density at radius 1 is 1.22 bits per heavy atom. The third-order valence-corrected chi connectivity index (χ3v) is 3.82. The molecule has 3 heteroatoms. The van der Waals surface area contributed by atoms with Gasteiger partial charge in [-0.1, -0.05) is 13.8 Å². The van der Waals surface area contributed by atoms with Crippen LogP contribution in [0.15, 0.2) is 18.2 Å². The molecule has 1 aromatic rings. The molecule has 2 N–H and O–H groups in total. The highest BCUT2D eigenvalue weighted by Gasteiger charge is 2.22. The van der Waals surface area contributed by atoms with Gasteiger partial charge in [-0.25, -0.2) is 4.39 Å². The minimum atomic E-state index is -0.236. The Hall–Kier alpha value is -1.09. The van der Waals surface area contributed by atoms with Crippen LogP contribution in [0, 0.1) is 11.2 Å². The van der Waals surface area contributed by atoms with Crippen molar-refractivity contribution in [2.24, 2.45) is 5.41 Å². The van der Waals surface area contributed by atoms with Gasteiger partial charge in [-0.2, -0.15) is 0 Å². The van der Waals surface area contributed by atoms with Crippen LogP contribution in [0.3, 0.4) is 0 Å². The zero-order valence-corrected chi connectivity index (χ0v) is 11.4. The third-order valence-electron chi connectivity index (χ3n) is 3.82. The molecule has 0 radical (unpaired) electrons. The lowest BCUT2D eigenvalue weighted by Gasteiger charge is -2.23. The zero-order chi connectivity index (χ0) is 13.2. The van der Waals surface area contributed by atoms with E-state index >= 15 is 0 Å². The Balaban J connectivity index is 2.00. The summed E-state index contributed by atoms with van der Waals surface area (Å²) in [6, 6.07) is 4.83. The molecule has 0 atom stereocenters. The maximum absolute atomic E-state index is 13.3. The molecule has 1 saturated heterocycles. The first-order valence-corrected chi connectivity index (χ1v) is 6.72. The first kappa shape index (κ1) is 13.3. The summed E-state index contributed by atoms with van der Waals surface area (Å²) in [5.74, 6) is -0.236. The van der Waals surface area contributed by atoms with E-state index in [9.17, 15) is 4.39 Å². The van der Waals surface area contributed by atoms with Crippen LogP contribution in [0.4, 0.5) is 10.1 Å². The smallest absolute Gasteiger partial charge is 0.125 e. The van der Waals surface area contributed by atoms with Gasteiger partial charge in [-0.3, -0.25) is 4.90 Å². The molecule has 0 aliphatic carbocycles. The highest BCUT2D eigenvalue weighted by molar-refractivity contribution is 5.41. The van der Waals surface area contributed by atoms with E-state index in [2.05, 4.69) is 18.7 Å². The molecule has 1 fully saturated rings. The Labute approximate surface area is 109 Å². The predicted octanol–water partition coefficient (Wildman–Crippen LogP) is 3.42. The van der Waals surface area contributed by atoms with Gasteiger partial charge in [-0.05, 0) is 61.5 Å². The van der Waals surface area contributed by atoms with E-state index in [1.165, 1.54) is 25.3 Å². The second-order valence-corrected chi connectivity index (χ2v) is 6.19. The lowest BCUT2D eigenvalue weighted by molar-refractivity contribution is 0.255. The third kappa shape index (κ3) is 3.70. The second kappa shape index (κ2) is 5.27. The van der Waals surface area contributed by atoms with Crippen LogP contribution >= 0.6 is 0 Å². The van der Waals surface area contributed by atoms with Gasteiger partial charge in [0, 0.05) is 12.2 Å². The molecule has 1 heterocycles. The van der Waals surface area contributed by atoms with Crippen molar-refractivity contribution in [2.75, 3.05) is 18.8 Å². The molecule has 0 spiro atoms. The first-order valence-electron chi connectivity index (χ1n) is 6.72. The summed E-state index contributed by atoms with van der Waals surface area (Å²) in [7, 11) is 0. The Kier molecular flexibility index (Phi) is 3.91. The van der Waals surface area contributed by atoms with Crippen molar-refractivity contribution in [2.45, 2.75) is 39.7 Å². The molecule has 0 saturated carbocycles. The largest absolute Gasteiger partial charge is 0.399 e. The van der Waals surface area contributed by atoms with Crippen molar-refractivity contribution >= 4 is 5.69 Å². The van der Waals surface area contributed by atoms with Gasteiger partial charge in [-0.15, -0.1) is 0 Å². The van der Waals surface area contributed by atoms with Gasteiger partial charge < -0.3 is 5.73 Å². The molecule has 0 aromatic heterocycles. The maximum atomic E-state index is 13.3. The van der Waals surface area contributed by atoms with E-state index in [0.29, 0.717) is 11.1 Å². The van der Waals surface area contributed by atoms with E-state index in [0.717, 1.165) is 25.2 Å². The van der Waals surface area contributed by atoms with Crippen LogP contribution < -0.4 is 5.73 Å². The summed E-state index contributed by atoms with van der Waals surface area (Å²) in [5.41, 5.74) is 7.61. The Morgan fingerprint density at radius 2 is 2.00 bits per heavy atom.